The molecule has 1 N–H and O–H groups in total. The highest BCUT2D eigenvalue weighted by Gasteiger charge is 2.23. The number of aromatic nitrogens is 2. The summed E-state index contributed by atoms with van der Waals surface area (Å²) in [6.45, 7) is 5.54. The lowest BCUT2D eigenvalue weighted by Crippen LogP contribution is -2.31. The molecule has 0 aliphatic carbocycles. The molecule has 0 fully saturated rings. The summed E-state index contributed by atoms with van der Waals surface area (Å²) in [6, 6.07) is -0.124. The molecule has 1 aromatic heterocycles. The van der Waals surface area contributed by atoms with Gasteiger partial charge in [-0.25, -0.2) is 15.0 Å². The van der Waals surface area contributed by atoms with Crippen molar-refractivity contribution in [2.75, 3.05) is 19.8 Å². The predicted octanol–water partition coefficient (Wildman–Crippen LogP) is 1.20. The summed E-state index contributed by atoms with van der Waals surface area (Å²) in [4.78, 5) is 16.0. The molecule has 2 rings (SSSR count). The third-order valence-corrected chi connectivity index (χ3v) is 2.53. The standard InChI is InChI=1S/C12H18N4O2/c1-3-17-11-7-14-12(18-4-2)10(16-11)5-9-6-13-8-15-9/h6,8,10H,3-5,7H2,1-2H3,(H,13,15)/t10-/m1/s1. The zero-order valence-corrected chi connectivity index (χ0v) is 10.7. The average molecular weight is 250 g/mol. The fourth-order valence-electron chi connectivity index (χ4n) is 1.80. The fourth-order valence-corrected chi connectivity index (χ4v) is 1.80. The zero-order valence-electron chi connectivity index (χ0n) is 10.7. The molecule has 98 valence electrons. The highest BCUT2D eigenvalue weighted by atomic mass is 16.5. The Kier molecular flexibility index (Phi) is 4.33. The van der Waals surface area contributed by atoms with Gasteiger partial charge < -0.3 is 14.5 Å². The Balaban J connectivity index is 2.09. The van der Waals surface area contributed by atoms with Gasteiger partial charge in [0.05, 0.1) is 19.5 Å². The van der Waals surface area contributed by atoms with Gasteiger partial charge in [-0.2, -0.15) is 0 Å². The van der Waals surface area contributed by atoms with E-state index in [0.717, 1.165) is 5.69 Å². The van der Waals surface area contributed by atoms with Crippen LogP contribution in [0.25, 0.3) is 0 Å². The second-order valence-corrected chi connectivity index (χ2v) is 3.84. The number of nitrogens with zero attached hydrogens (tertiary/aromatic N) is 3. The summed E-state index contributed by atoms with van der Waals surface area (Å²) in [6.07, 6.45) is 4.13. The maximum atomic E-state index is 5.52. The van der Waals surface area contributed by atoms with Crippen molar-refractivity contribution in [1.82, 2.24) is 9.97 Å². The van der Waals surface area contributed by atoms with E-state index in [1.165, 1.54) is 0 Å². The number of H-pyrrole nitrogens is 1. The molecule has 1 aliphatic rings. The van der Waals surface area contributed by atoms with Crippen molar-refractivity contribution in [3.8, 4) is 0 Å². The van der Waals surface area contributed by atoms with Crippen molar-refractivity contribution in [2.45, 2.75) is 26.3 Å². The number of rotatable bonds is 4. The monoisotopic (exact) mass is 250 g/mol. The van der Waals surface area contributed by atoms with Crippen LogP contribution in [-0.4, -0.2) is 47.6 Å². The smallest absolute Gasteiger partial charge is 0.209 e. The summed E-state index contributed by atoms with van der Waals surface area (Å²) in [5.74, 6) is 1.35. The Morgan fingerprint density at radius 2 is 2.17 bits per heavy atom. The van der Waals surface area contributed by atoms with E-state index in [1.807, 2.05) is 13.8 Å². The number of hydrogen-bond donors (Lipinski definition) is 1. The minimum absolute atomic E-state index is 0.124. The number of imidazole rings is 1. The molecule has 1 aliphatic heterocycles. The molecular weight excluding hydrogens is 232 g/mol. The maximum absolute atomic E-state index is 5.52. The largest absolute Gasteiger partial charge is 0.480 e. The fraction of sp³-hybridized carbons (Fsp3) is 0.583. The molecule has 0 bridgehead atoms. The molecular formula is C12H18N4O2. The summed E-state index contributed by atoms with van der Waals surface area (Å²) in [7, 11) is 0. The van der Waals surface area contributed by atoms with Crippen molar-refractivity contribution in [3.05, 3.63) is 18.2 Å². The van der Waals surface area contributed by atoms with Gasteiger partial charge in [0, 0.05) is 18.3 Å². The first-order valence-electron chi connectivity index (χ1n) is 6.17. The minimum Gasteiger partial charge on any atom is -0.480 e. The summed E-state index contributed by atoms with van der Waals surface area (Å²) in [5, 5.41) is 0. The van der Waals surface area contributed by atoms with Crippen molar-refractivity contribution in [3.63, 3.8) is 0 Å². The number of hydrogen-bond acceptors (Lipinski definition) is 5. The molecule has 0 unspecified atom stereocenters. The Hall–Kier alpha value is -1.85. The lowest BCUT2D eigenvalue weighted by molar-refractivity contribution is 0.293. The van der Waals surface area contributed by atoms with Gasteiger partial charge in [-0.1, -0.05) is 0 Å². The zero-order chi connectivity index (χ0) is 12.8. The third-order valence-electron chi connectivity index (χ3n) is 2.53. The van der Waals surface area contributed by atoms with Gasteiger partial charge in [-0.15, -0.1) is 0 Å². The lowest BCUT2D eigenvalue weighted by atomic mass is 10.1. The lowest BCUT2D eigenvalue weighted by Gasteiger charge is -2.20. The van der Waals surface area contributed by atoms with Gasteiger partial charge >= 0.3 is 0 Å². The number of aliphatic imine (C=N–C) groups is 2. The van der Waals surface area contributed by atoms with E-state index in [0.29, 0.717) is 38.0 Å². The van der Waals surface area contributed by atoms with Crippen LogP contribution in [0.1, 0.15) is 19.5 Å². The summed E-state index contributed by atoms with van der Waals surface area (Å²) < 4.78 is 10.9. The van der Waals surface area contributed by atoms with Gasteiger partial charge in [0.1, 0.15) is 12.6 Å². The normalized spacial score (nSPS) is 19.1. The van der Waals surface area contributed by atoms with E-state index in [1.54, 1.807) is 12.5 Å². The molecule has 0 saturated heterocycles. The number of aromatic amines is 1. The van der Waals surface area contributed by atoms with Crippen LogP contribution in [0.15, 0.2) is 22.5 Å². The summed E-state index contributed by atoms with van der Waals surface area (Å²) in [5.41, 5.74) is 1.01. The molecule has 1 aromatic rings. The van der Waals surface area contributed by atoms with Crippen LogP contribution in [0, 0.1) is 0 Å². The Morgan fingerprint density at radius 1 is 1.33 bits per heavy atom. The van der Waals surface area contributed by atoms with Crippen LogP contribution in [0.3, 0.4) is 0 Å². The molecule has 0 aromatic carbocycles. The molecule has 0 radical (unpaired) electrons. The Labute approximate surface area is 106 Å². The van der Waals surface area contributed by atoms with E-state index in [2.05, 4.69) is 20.0 Å². The Bertz CT molecular complexity index is 425. The molecule has 6 nitrogen and oxygen atoms in total. The predicted molar refractivity (Wildman–Crippen MR) is 69.1 cm³/mol. The summed E-state index contributed by atoms with van der Waals surface area (Å²) >= 11 is 0. The minimum atomic E-state index is -0.124. The molecule has 0 spiro atoms. The van der Waals surface area contributed by atoms with E-state index in [4.69, 9.17) is 9.47 Å². The molecule has 0 saturated carbocycles. The number of ether oxygens (including phenoxy) is 2. The molecule has 2 heterocycles. The third kappa shape index (κ3) is 3.09. The second-order valence-electron chi connectivity index (χ2n) is 3.84. The molecule has 0 amide bonds. The highest BCUT2D eigenvalue weighted by Crippen LogP contribution is 2.11. The topological polar surface area (TPSA) is 71.9 Å². The SMILES string of the molecule is CCOC1=N[C@H](Cc2cnc[nH]2)C(OCC)=NC1. The Morgan fingerprint density at radius 3 is 2.83 bits per heavy atom. The van der Waals surface area contributed by atoms with Crippen LogP contribution < -0.4 is 0 Å². The van der Waals surface area contributed by atoms with E-state index in [-0.39, 0.29) is 6.04 Å². The van der Waals surface area contributed by atoms with E-state index in [9.17, 15) is 0 Å². The van der Waals surface area contributed by atoms with Crippen LogP contribution in [0.2, 0.25) is 0 Å². The van der Waals surface area contributed by atoms with Crippen molar-refractivity contribution >= 4 is 11.8 Å². The van der Waals surface area contributed by atoms with Gasteiger partial charge in [0.15, 0.2) is 0 Å². The van der Waals surface area contributed by atoms with Gasteiger partial charge in [0.25, 0.3) is 0 Å². The molecule has 18 heavy (non-hydrogen) atoms. The van der Waals surface area contributed by atoms with Crippen LogP contribution in [-0.2, 0) is 15.9 Å². The highest BCUT2D eigenvalue weighted by molar-refractivity contribution is 5.92. The quantitative estimate of drug-likeness (QED) is 0.872. The molecule has 1 atom stereocenters. The van der Waals surface area contributed by atoms with E-state index < -0.39 is 0 Å². The van der Waals surface area contributed by atoms with Gasteiger partial charge in [-0.3, -0.25) is 0 Å². The van der Waals surface area contributed by atoms with Crippen LogP contribution >= 0.6 is 0 Å². The van der Waals surface area contributed by atoms with Crippen LogP contribution in [0.5, 0.6) is 0 Å². The maximum Gasteiger partial charge on any atom is 0.209 e. The number of nitrogens with one attached hydrogen (secondary N) is 1. The molecule has 6 heteroatoms. The van der Waals surface area contributed by atoms with Crippen molar-refractivity contribution in [1.29, 1.82) is 0 Å². The first-order chi connectivity index (χ1) is 8.83. The van der Waals surface area contributed by atoms with Gasteiger partial charge in [-0.05, 0) is 13.8 Å². The van der Waals surface area contributed by atoms with Crippen molar-refractivity contribution in [2.24, 2.45) is 9.98 Å². The van der Waals surface area contributed by atoms with Crippen molar-refractivity contribution < 1.29 is 9.47 Å². The second kappa shape index (κ2) is 6.18. The first kappa shape index (κ1) is 12.6. The van der Waals surface area contributed by atoms with Gasteiger partial charge in [0.2, 0.25) is 11.8 Å². The average Bonchev–Trinajstić information content (AvgIpc) is 2.86. The van der Waals surface area contributed by atoms with E-state index >= 15 is 0 Å². The first-order valence-corrected chi connectivity index (χ1v) is 6.17. The van der Waals surface area contributed by atoms with Crippen LogP contribution in [0.4, 0.5) is 0 Å².